The lowest BCUT2D eigenvalue weighted by atomic mass is 10.2. The normalized spacial score (nSPS) is 10.6. The number of hydrogen-bond acceptors (Lipinski definition) is 6. The van der Waals surface area contributed by atoms with E-state index in [2.05, 4.69) is 25.8 Å². The van der Waals surface area contributed by atoms with Crippen molar-refractivity contribution in [2.75, 3.05) is 5.32 Å². The fraction of sp³-hybridized carbons (Fsp3) is 0.167. The Hall–Kier alpha value is -2.70. The maximum Gasteiger partial charge on any atom is 0.247 e. The molecule has 0 unspecified atom stereocenters. The molecule has 0 aliphatic heterocycles. The Bertz CT molecular complexity index is 643. The molecule has 0 bridgehead atoms. The van der Waals surface area contributed by atoms with Crippen LogP contribution in [0, 0.1) is 0 Å². The molecule has 0 amide bonds. The van der Waals surface area contributed by atoms with E-state index >= 15 is 0 Å². The zero-order valence-electron chi connectivity index (χ0n) is 10.3. The zero-order valence-corrected chi connectivity index (χ0v) is 10.3. The number of aryl methyl sites for hydroxylation is 1. The number of nitrogens with zero attached hydrogens (tertiary/aromatic N) is 5. The summed E-state index contributed by atoms with van der Waals surface area (Å²) in [5, 5.41) is 18.5. The van der Waals surface area contributed by atoms with E-state index in [1.165, 1.54) is 6.39 Å². The molecule has 0 aliphatic carbocycles. The second-order valence-corrected chi connectivity index (χ2v) is 4.02. The number of anilines is 1. The molecule has 0 saturated carbocycles. The van der Waals surface area contributed by atoms with E-state index in [0.717, 1.165) is 16.9 Å². The van der Waals surface area contributed by atoms with Crippen molar-refractivity contribution in [2.24, 2.45) is 7.05 Å². The molecule has 2 aromatic heterocycles. The van der Waals surface area contributed by atoms with Crippen LogP contribution >= 0.6 is 0 Å². The molecule has 0 radical (unpaired) electrons. The van der Waals surface area contributed by atoms with E-state index in [1.807, 2.05) is 31.3 Å². The van der Waals surface area contributed by atoms with Gasteiger partial charge in [-0.3, -0.25) is 4.68 Å². The summed E-state index contributed by atoms with van der Waals surface area (Å²) in [4.78, 5) is 0. The molecule has 7 nitrogen and oxygen atoms in total. The highest BCUT2D eigenvalue weighted by molar-refractivity contribution is 5.58. The molecule has 3 rings (SSSR count). The summed E-state index contributed by atoms with van der Waals surface area (Å²) < 4.78 is 6.87. The summed E-state index contributed by atoms with van der Waals surface area (Å²) in [5.41, 5.74) is 2.91. The van der Waals surface area contributed by atoms with Gasteiger partial charge in [0.2, 0.25) is 12.3 Å². The lowest BCUT2D eigenvalue weighted by Gasteiger charge is -2.06. The minimum absolute atomic E-state index is 0.516. The molecule has 2 heterocycles. The Morgan fingerprint density at radius 1 is 1.21 bits per heavy atom. The van der Waals surface area contributed by atoms with E-state index in [-0.39, 0.29) is 0 Å². The first kappa shape index (κ1) is 11.4. The molecule has 0 spiro atoms. The molecule has 1 aromatic carbocycles. The average Bonchev–Trinajstić information content (AvgIpc) is 3.09. The first-order valence-corrected chi connectivity index (χ1v) is 5.77. The summed E-state index contributed by atoms with van der Waals surface area (Å²) in [5.74, 6) is 0.516. The van der Waals surface area contributed by atoms with Crippen molar-refractivity contribution in [3.05, 3.63) is 42.5 Å². The summed E-state index contributed by atoms with van der Waals surface area (Å²) in [6.07, 6.45) is 3.05. The highest BCUT2D eigenvalue weighted by Crippen LogP contribution is 2.19. The van der Waals surface area contributed by atoms with Crippen molar-refractivity contribution in [3.8, 4) is 11.5 Å². The third-order valence-corrected chi connectivity index (χ3v) is 2.77. The van der Waals surface area contributed by atoms with E-state index in [9.17, 15) is 0 Å². The van der Waals surface area contributed by atoms with E-state index in [0.29, 0.717) is 12.4 Å². The standard InChI is InChI=1S/C12H12N6O/c1-18-11(7-14-17-18)6-13-10-4-2-9(3-5-10)12-16-15-8-19-12/h2-5,7-8,13H,6H2,1H3. The van der Waals surface area contributed by atoms with Gasteiger partial charge in [0.05, 0.1) is 18.4 Å². The van der Waals surface area contributed by atoms with Crippen LogP contribution in [0.15, 0.2) is 41.3 Å². The van der Waals surface area contributed by atoms with Crippen molar-refractivity contribution in [1.82, 2.24) is 25.2 Å². The van der Waals surface area contributed by atoms with Gasteiger partial charge in [-0.1, -0.05) is 5.21 Å². The summed E-state index contributed by atoms with van der Waals surface area (Å²) >= 11 is 0. The van der Waals surface area contributed by atoms with Gasteiger partial charge in [-0.05, 0) is 24.3 Å². The number of nitrogens with one attached hydrogen (secondary N) is 1. The molecule has 0 atom stereocenters. The highest BCUT2D eigenvalue weighted by Gasteiger charge is 2.03. The Morgan fingerprint density at radius 3 is 2.68 bits per heavy atom. The third-order valence-electron chi connectivity index (χ3n) is 2.77. The molecular weight excluding hydrogens is 244 g/mol. The van der Waals surface area contributed by atoms with Gasteiger partial charge in [0.25, 0.3) is 0 Å². The molecule has 7 heteroatoms. The SMILES string of the molecule is Cn1nncc1CNc1ccc(-c2nnco2)cc1. The molecule has 0 fully saturated rings. The summed E-state index contributed by atoms with van der Waals surface area (Å²) in [6.45, 7) is 0.670. The smallest absolute Gasteiger partial charge is 0.247 e. The van der Waals surface area contributed by atoms with Gasteiger partial charge in [-0.15, -0.1) is 15.3 Å². The first-order valence-electron chi connectivity index (χ1n) is 5.77. The van der Waals surface area contributed by atoms with Gasteiger partial charge >= 0.3 is 0 Å². The number of hydrogen-bond donors (Lipinski definition) is 1. The van der Waals surface area contributed by atoms with Crippen LogP contribution in [-0.2, 0) is 13.6 Å². The van der Waals surface area contributed by atoms with Crippen LogP contribution in [0.3, 0.4) is 0 Å². The first-order chi connectivity index (χ1) is 9.33. The Balaban J connectivity index is 1.68. The summed E-state index contributed by atoms with van der Waals surface area (Å²) in [7, 11) is 1.86. The van der Waals surface area contributed by atoms with Crippen LogP contribution in [0.2, 0.25) is 0 Å². The summed E-state index contributed by atoms with van der Waals surface area (Å²) in [6, 6.07) is 7.78. The number of benzene rings is 1. The minimum Gasteiger partial charge on any atom is -0.423 e. The zero-order chi connectivity index (χ0) is 13.1. The van der Waals surface area contributed by atoms with Crippen molar-refractivity contribution in [2.45, 2.75) is 6.54 Å². The van der Waals surface area contributed by atoms with Crippen molar-refractivity contribution >= 4 is 5.69 Å². The Morgan fingerprint density at radius 2 is 2.05 bits per heavy atom. The second-order valence-electron chi connectivity index (χ2n) is 4.02. The quantitative estimate of drug-likeness (QED) is 0.761. The van der Waals surface area contributed by atoms with Gasteiger partial charge in [0.15, 0.2) is 0 Å². The monoisotopic (exact) mass is 256 g/mol. The fourth-order valence-corrected chi connectivity index (χ4v) is 1.69. The minimum atomic E-state index is 0.516. The predicted octanol–water partition coefficient (Wildman–Crippen LogP) is 1.48. The molecule has 96 valence electrons. The van der Waals surface area contributed by atoms with Crippen molar-refractivity contribution in [1.29, 1.82) is 0 Å². The molecule has 3 aromatic rings. The highest BCUT2D eigenvalue weighted by atomic mass is 16.4. The Kier molecular flexibility index (Phi) is 2.93. The van der Waals surface area contributed by atoms with Gasteiger partial charge in [0.1, 0.15) is 0 Å². The predicted molar refractivity (Wildman–Crippen MR) is 68.1 cm³/mol. The fourth-order valence-electron chi connectivity index (χ4n) is 1.69. The van der Waals surface area contributed by atoms with Crippen molar-refractivity contribution < 1.29 is 4.42 Å². The molecule has 19 heavy (non-hydrogen) atoms. The lowest BCUT2D eigenvalue weighted by Crippen LogP contribution is -2.05. The van der Waals surface area contributed by atoms with Crippen LogP contribution in [0.5, 0.6) is 0 Å². The maximum absolute atomic E-state index is 5.13. The van der Waals surface area contributed by atoms with Crippen LogP contribution in [0.1, 0.15) is 5.69 Å². The number of aromatic nitrogens is 5. The van der Waals surface area contributed by atoms with Crippen molar-refractivity contribution in [3.63, 3.8) is 0 Å². The van der Waals surface area contributed by atoms with Crippen LogP contribution in [0.25, 0.3) is 11.5 Å². The number of rotatable bonds is 4. The average molecular weight is 256 g/mol. The van der Waals surface area contributed by atoms with Crippen LogP contribution in [-0.4, -0.2) is 25.2 Å². The van der Waals surface area contributed by atoms with Gasteiger partial charge in [0, 0.05) is 18.3 Å². The van der Waals surface area contributed by atoms with E-state index < -0.39 is 0 Å². The third kappa shape index (κ3) is 2.44. The van der Waals surface area contributed by atoms with Gasteiger partial charge in [-0.2, -0.15) is 0 Å². The lowest BCUT2D eigenvalue weighted by molar-refractivity contribution is 0.568. The van der Waals surface area contributed by atoms with Gasteiger partial charge < -0.3 is 9.73 Å². The molecular formula is C12H12N6O. The topological polar surface area (TPSA) is 81.7 Å². The van der Waals surface area contributed by atoms with Crippen LogP contribution in [0.4, 0.5) is 5.69 Å². The molecule has 0 aliphatic rings. The van der Waals surface area contributed by atoms with E-state index in [1.54, 1.807) is 10.9 Å². The molecule has 0 saturated heterocycles. The maximum atomic E-state index is 5.13. The van der Waals surface area contributed by atoms with E-state index in [4.69, 9.17) is 4.42 Å². The Labute approximate surface area is 109 Å². The largest absolute Gasteiger partial charge is 0.423 e. The second kappa shape index (κ2) is 4.89. The molecule has 1 N–H and O–H groups in total. The van der Waals surface area contributed by atoms with Crippen LogP contribution < -0.4 is 5.32 Å². The van der Waals surface area contributed by atoms with Gasteiger partial charge in [-0.25, -0.2) is 0 Å².